The van der Waals surface area contributed by atoms with E-state index in [1.165, 1.54) is 11.1 Å². The lowest BCUT2D eigenvalue weighted by Gasteiger charge is -2.11. The van der Waals surface area contributed by atoms with Crippen LogP contribution in [0.2, 0.25) is 0 Å². The second-order valence-electron chi connectivity index (χ2n) is 5.63. The molecule has 3 rings (SSSR count). The summed E-state index contributed by atoms with van der Waals surface area (Å²) >= 11 is 0. The Bertz CT molecular complexity index is 487. The van der Waals surface area contributed by atoms with Gasteiger partial charge in [0.15, 0.2) is 0 Å². The molecule has 1 heterocycles. The van der Waals surface area contributed by atoms with Gasteiger partial charge in [-0.1, -0.05) is 6.07 Å². The maximum Gasteiger partial charge on any atom is 0.251 e. The van der Waals surface area contributed by atoms with E-state index in [0.717, 1.165) is 37.9 Å². The second kappa shape index (κ2) is 5.31. The fourth-order valence-electron chi connectivity index (χ4n) is 3.01. The van der Waals surface area contributed by atoms with E-state index in [4.69, 9.17) is 0 Å². The molecule has 0 radical (unpaired) electrons. The van der Waals surface area contributed by atoms with Crippen molar-refractivity contribution >= 4 is 5.91 Å². The molecular weight excluding hydrogens is 240 g/mol. The molecule has 3 N–H and O–H groups in total. The van der Waals surface area contributed by atoms with Crippen molar-refractivity contribution in [1.29, 1.82) is 0 Å². The molecule has 1 fully saturated rings. The van der Waals surface area contributed by atoms with E-state index in [-0.39, 0.29) is 12.0 Å². The molecule has 0 bridgehead atoms. The number of amides is 1. The first-order valence-electron chi connectivity index (χ1n) is 7.01. The lowest BCUT2D eigenvalue weighted by Crippen LogP contribution is -2.28. The van der Waals surface area contributed by atoms with Crippen LogP contribution in [-0.4, -0.2) is 23.7 Å². The molecule has 4 heteroatoms. The van der Waals surface area contributed by atoms with Crippen molar-refractivity contribution in [3.05, 3.63) is 34.9 Å². The molecule has 4 nitrogen and oxygen atoms in total. The average molecular weight is 260 g/mol. The topological polar surface area (TPSA) is 61.4 Å². The maximum absolute atomic E-state index is 12.1. The largest absolute Gasteiger partial charge is 0.393 e. The number of carbonyl (C=O) groups excluding carboxylic acids is 1. The molecule has 1 aromatic carbocycles. The number of fused-ring (bicyclic) bond motifs is 1. The number of nitrogens with one attached hydrogen (secondary N) is 2. The van der Waals surface area contributed by atoms with Crippen molar-refractivity contribution in [3.8, 4) is 0 Å². The summed E-state index contributed by atoms with van der Waals surface area (Å²) in [6.45, 7) is 2.42. The zero-order valence-corrected chi connectivity index (χ0v) is 11.0. The molecule has 0 spiro atoms. The summed E-state index contributed by atoms with van der Waals surface area (Å²) in [5, 5.41) is 15.7. The zero-order valence-electron chi connectivity index (χ0n) is 11.0. The smallest absolute Gasteiger partial charge is 0.251 e. The second-order valence-corrected chi connectivity index (χ2v) is 5.63. The molecule has 1 amide bonds. The quantitative estimate of drug-likeness (QED) is 0.765. The van der Waals surface area contributed by atoms with Gasteiger partial charge in [-0.15, -0.1) is 0 Å². The molecule has 1 saturated carbocycles. The lowest BCUT2D eigenvalue weighted by molar-refractivity contribution is 0.0945. The van der Waals surface area contributed by atoms with Crippen LogP contribution in [0.15, 0.2) is 18.2 Å². The summed E-state index contributed by atoms with van der Waals surface area (Å²) in [7, 11) is 0. The van der Waals surface area contributed by atoms with Crippen LogP contribution in [0.3, 0.4) is 0 Å². The SMILES string of the molecule is O=C(NCC1CCC(O)C1)c1ccc2c(c1)CNC2. The minimum absolute atomic E-state index is 0.00362. The molecule has 2 atom stereocenters. The third kappa shape index (κ3) is 2.80. The number of hydrogen-bond donors (Lipinski definition) is 3. The van der Waals surface area contributed by atoms with Gasteiger partial charge in [0.1, 0.15) is 0 Å². The summed E-state index contributed by atoms with van der Waals surface area (Å²) in [5.41, 5.74) is 3.25. The Hall–Kier alpha value is -1.39. The highest BCUT2D eigenvalue weighted by Crippen LogP contribution is 2.24. The van der Waals surface area contributed by atoms with Crippen molar-refractivity contribution in [1.82, 2.24) is 10.6 Å². The fraction of sp³-hybridized carbons (Fsp3) is 0.533. The normalized spacial score (nSPS) is 25.3. The Labute approximate surface area is 113 Å². The first kappa shape index (κ1) is 12.6. The van der Waals surface area contributed by atoms with Gasteiger partial charge in [0, 0.05) is 25.2 Å². The van der Waals surface area contributed by atoms with Gasteiger partial charge in [0.25, 0.3) is 5.91 Å². The predicted octanol–water partition coefficient (Wildman–Crippen LogP) is 1.18. The van der Waals surface area contributed by atoms with Crippen molar-refractivity contribution in [3.63, 3.8) is 0 Å². The van der Waals surface area contributed by atoms with Crippen LogP contribution in [0.1, 0.15) is 40.7 Å². The minimum atomic E-state index is -0.173. The molecule has 1 aliphatic carbocycles. The van der Waals surface area contributed by atoms with Gasteiger partial charge >= 0.3 is 0 Å². The standard InChI is InChI=1S/C15H20N2O2/c18-14-4-1-10(5-14)7-17-15(19)11-2-3-12-8-16-9-13(12)6-11/h2-3,6,10,14,16,18H,1,4-5,7-9H2,(H,17,19). The molecule has 19 heavy (non-hydrogen) atoms. The highest BCUT2D eigenvalue weighted by Gasteiger charge is 2.23. The van der Waals surface area contributed by atoms with Crippen molar-refractivity contribution in [2.45, 2.75) is 38.5 Å². The molecule has 0 aromatic heterocycles. The van der Waals surface area contributed by atoms with Gasteiger partial charge in [-0.05, 0) is 48.4 Å². The van der Waals surface area contributed by atoms with Crippen LogP contribution >= 0.6 is 0 Å². The van der Waals surface area contributed by atoms with E-state index in [2.05, 4.69) is 10.6 Å². The first-order valence-corrected chi connectivity index (χ1v) is 7.01. The Morgan fingerprint density at radius 1 is 1.32 bits per heavy atom. The molecule has 2 unspecified atom stereocenters. The molecule has 102 valence electrons. The third-order valence-corrected chi connectivity index (χ3v) is 4.16. The highest BCUT2D eigenvalue weighted by molar-refractivity contribution is 5.94. The summed E-state index contributed by atoms with van der Waals surface area (Å²) in [5.74, 6) is 0.422. The fourth-order valence-corrected chi connectivity index (χ4v) is 3.01. The number of aliphatic hydroxyl groups is 1. The number of carbonyl (C=O) groups is 1. The van der Waals surface area contributed by atoms with Gasteiger partial charge < -0.3 is 15.7 Å². The monoisotopic (exact) mass is 260 g/mol. The Balaban J connectivity index is 1.58. The molecule has 1 aliphatic heterocycles. The van der Waals surface area contributed by atoms with Gasteiger partial charge in [-0.25, -0.2) is 0 Å². The predicted molar refractivity (Wildman–Crippen MR) is 72.7 cm³/mol. The van der Waals surface area contributed by atoms with E-state index >= 15 is 0 Å². The molecular formula is C15H20N2O2. The van der Waals surface area contributed by atoms with E-state index in [1.807, 2.05) is 18.2 Å². The third-order valence-electron chi connectivity index (χ3n) is 4.16. The summed E-state index contributed by atoms with van der Waals surface area (Å²) in [6, 6.07) is 5.91. The van der Waals surface area contributed by atoms with E-state index in [0.29, 0.717) is 12.5 Å². The van der Waals surface area contributed by atoms with Crippen LogP contribution in [0.4, 0.5) is 0 Å². The molecule has 1 aromatic rings. The van der Waals surface area contributed by atoms with Gasteiger partial charge in [-0.2, -0.15) is 0 Å². The number of rotatable bonds is 3. The van der Waals surface area contributed by atoms with Crippen molar-refractivity contribution in [2.24, 2.45) is 5.92 Å². The molecule has 2 aliphatic rings. The zero-order chi connectivity index (χ0) is 13.2. The van der Waals surface area contributed by atoms with Crippen molar-refractivity contribution in [2.75, 3.05) is 6.54 Å². The van der Waals surface area contributed by atoms with Crippen LogP contribution in [0, 0.1) is 5.92 Å². The van der Waals surface area contributed by atoms with Gasteiger partial charge in [0.05, 0.1) is 6.10 Å². The van der Waals surface area contributed by atoms with Crippen LogP contribution < -0.4 is 10.6 Å². The number of benzene rings is 1. The molecule has 0 saturated heterocycles. The number of aliphatic hydroxyl groups excluding tert-OH is 1. The van der Waals surface area contributed by atoms with Crippen molar-refractivity contribution < 1.29 is 9.90 Å². The Morgan fingerprint density at radius 2 is 2.16 bits per heavy atom. The van der Waals surface area contributed by atoms with E-state index in [9.17, 15) is 9.90 Å². The summed E-state index contributed by atoms with van der Waals surface area (Å²) in [4.78, 5) is 12.1. The lowest BCUT2D eigenvalue weighted by atomic mass is 10.1. The summed E-state index contributed by atoms with van der Waals surface area (Å²) < 4.78 is 0. The van der Waals surface area contributed by atoms with E-state index in [1.54, 1.807) is 0 Å². The van der Waals surface area contributed by atoms with Crippen LogP contribution in [0.5, 0.6) is 0 Å². The van der Waals surface area contributed by atoms with Gasteiger partial charge in [-0.3, -0.25) is 4.79 Å². The average Bonchev–Trinajstić information content (AvgIpc) is 3.03. The maximum atomic E-state index is 12.1. The van der Waals surface area contributed by atoms with Crippen LogP contribution in [0.25, 0.3) is 0 Å². The summed E-state index contributed by atoms with van der Waals surface area (Å²) in [6.07, 6.45) is 2.52. The number of hydrogen-bond acceptors (Lipinski definition) is 3. The Kier molecular flexibility index (Phi) is 3.53. The van der Waals surface area contributed by atoms with Gasteiger partial charge in [0.2, 0.25) is 0 Å². The van der Waals surface area contributed by atoms with Crippen LogP contribution in [-0.2, 0) is 13.1 Å². The first-order chi connectivity index (χ1) is 9.22. The van der Waals surface area contributed by atoms with E-state index < -0.39 is 0 Å². The Morgan fingerprint density at radius 3 is 2.95 bits per heavy atom. The minimum Gasteiger partial charge on any atom is -0.393 e. The highest BCUT2D eigenvalue weighted by atomic mass is 16.3.